The number of nitrogen functional groups attached to an aromatic ring is 1. The molecule has 18 heavy (non-hydrogen) atoms. The zero-order valence-corrected chi connectivity index (χ0v) is 12.9. The van der Waals surface area contributed by atoms with Gasteiger partial charge in [0.2, 0.25) is 0 Å². The van der Waals surface area contributed by atoms with Crippen molar-refractivity contribution in [1.82, 2.24) is 0 Å². The molecule has 0 heterocycles. The number of nitrogens with zero attached hydrogens (tertiary/aromatic N) is 1. The highest BCUT2D eigenvalue weighted by atomic mass is 127. The Morgan fingerprint density at radius 2 is 1.94 bits per heavy atom. The molecule has 0 unspecified atom stereocenters. The predicted octanol–water partition coefficient (Wildman–Crippen LogP) is 4.16. The van der Waals surface area contributed by atoms with Crippen molar-refractivity contribution in [3.63, 3.8) is 0 Å². The standard InChI is InChI=1S/C14H14ClIN2/c1-18(9-10-4-2-3-5-12(10)15)14-7-6-11(17)8-13(14)16/h2-8H,9,17H2,1H3. The third-order valence-electron chi connectivity index (χ3n) is 2.75. The third kappa shape index (κ3) is 3.09. The first kappa shape index (κ1) is 13.5. The van der Waals surface area contributed by atoms with Crippen LogP contribution in [0.15, 0.2) is 42.5 Å². The highest BCUT2D eigenvalue weighted by molar-refractivity contribution is 14.1. The molecule has 0 atom stereocenters. The van der Waals surface area contributed by atoms with Gasteiger partial charge in [0.15, 0.2) is 0 Å². The van der Waals surface area contributed by atoms with Crippen LogP contribution in [0.1, 0.15) is 5.56 Å². The van der Waals surface area contributed by atoms with Crippen molar-refractivity contribution in [2.45, 2.75) is 6.54 Å². The van der Waals surface area contributed by atoms with E-state index in [0.29, 0.717) is 0 Å². The van der Waals surface area contributed by atoms with Gasteiger partial charge in [-0.25, -0.2) is 0 Å². The Labute approximate surface area is 126 Å². The third-order valence-corrected chi connectivity index (χ3v) is 3.98. The van der Waals surface area contributed by atoms with E-state index in [1.54, 1.807) is 0 Å². The van der Waals surface area contributed by atoms with Gasteiger partial charge in [0.1, 0.15) is 0 Å². The summed E-state index contributed by atoms with van der Waals surface area (Å²) in [5.41, 5.74) is 8.82. The molecular weight excluding hydrogens is 359 g/mol. The summed E-state index contributed by atoms with van der Waals surface area (Å²) in [5.74, 6) is 0. The summed E-state index contributed by atoms with van der Waals surface area (Å²) in [6.45, 7) is 0.777. The summed E-state index contributed by atoms with van der Waals surface area (Å²) in [5, 5.41) is 0.801. The zero-order valence-electron chi connectivity index (χ0n) is 10.0. The summed E-state index contributed by atoms with van der Waals surface area (Å²) < 4.78 is 1.14. The van der Waals surface area contributed by atoms with Crippen LogP contribution in [0.3, 0.4) is 0 Å². The molecule has 0 radical (unpaired) electrons. The fraction of sp³-hybridized carbons (Fsp3) is 0.143. The minimum absolute atomic E-state index is 0.777. The second kappa shape index (κ2) is 5.80. The van der Waals surface area contributed by atoms with Crippen LogP contribution in [0.25, 0.3) is 0 Å². The maximum atomic E-state index is 6.17. The first-order valence-corrected chi connectivity index (χ1v) is 7.03. The van der Waals surface area contributed by atoms with Crippen LogP contribution in [0.4, 0.5) is 11.4 Å². The molecule has 94 valence electrons. The molecule has 0 fully saturated rings. The van der Waals surface area contributed by atoms with Crippen LogP contribution in [0.5, 0.6) is 0 Å². The summed E-state index contributed by atoms with van der Waals surface area (Å²) in [4.78, 5) is 2.17. The van der Waals surface area contributed by atoms with Crippen molar-refractivity contribution in [2.24, 2.45) is 0 Å². The second-order valence-electron chi connectivity index (χ2n) is 4.16. The molecule has 2 N–H and O–H groups in total. The van der Waals surface area contributed by atoms with Crippen molar-refractivity contribution in [3.8, 4) is 0 Å². The number of nitrogens with two attached hydrogens (primary N) is 1. The van der Waals surface area contributed by atoms with Gasteiger partial charge in [-0.2, -0.15) is 0 Å². The Balaban J connectivity index is 2.22. The molecule has 0 aliphatic carbocycles. The van der Waals surface area contributed by atoms with Crippen molar-refractivity contribution in [1.29, 1.82) is 0 Å². The molecule has 0 bridgehead atoms. The Bertz CT molecular complexity index is 557. The SMILES string of the molecule is CN(Cc1ccccc1Cl)c1ccc(N)cc1I. The molecule has 0 aliphatic heterocycles. The van der Waals surface area contributed by atoms with Crippen molar-refractivity contribution in [2.75, 3.05) is 17.7 Å². The minimum atomic E-state index is 0.777. The van der Waals surface area contributed by atoms with Gasteiger partial charge in [0, 0.05) is 27.9 Å². The second-order valence-corrected chi connectivity index (χ2v) is 5.73. The molecule has 0 spiro atoms. The molecule has 0 saturated heterocycles. The highest BCUT2D eigenvalue weighted by Crippen LogP contribution is 2.26. The van der Waals surface area contributed by atoms with E-state index in [4.69, 9.17) is 17.3 Å². The number of anilines is 2. The Hall–Kier alpha value is -0.940. The lowest BCUT2D eigenvalue weighted by Crippen LogP contribution is -2.17. The number of halogens is 2. The monoisotopic (exact) mass is 372 g/mol. The minimum Gasteiger partial charge on any atom is -0.399 e. The average molecular weight is 373 g/mol. The average Bonchev–Trinajstić information content (AvgIpc) is 2.32. The summed E-state index contributed by atoms with van der Waals surface area (Å²) in [7, 11) is 2.05. The Kier molecular flexibility index (Phi) is 4.35. The van der Waals surface area contributed by atoms with Gasteiger partial charge < -0.3 is 10.6 Å². The van der Waals surface area contributed by atoms with Crippen LogP contribution in [0.2, 0.25) is 5.02 Å². The zero-order chi connectivity index (χ0) is 13.1. The molecule has 2 aromatic rings. The lowest BCUT2D eigenvalue weighted by Gasteiger charge is -2.21. The first-order chi connectivity index (χ1) is 8.58. The summed E-state index contributed by atoms with van der Waals surface area (Å²) >= 11 is 8.47. The molecule has 2 nitrogen and oxygen atoms in total. The maximum absolute atomic E-state index is 6.17. The number of benzene rings is 2. The number of rotatable bonds is 3. The summed E-state index contributed by atoms with van der Waals surface area (Å²) in [6, 6.07) is 13.8. The van der Waals surface area contributed by atoms with Gasteiger partial charge in [-0.15, -0.1) is 0 Å². The molecule has 0 amide bonds. The largest absolute Gasteiger partial charge is 0.399 e. The molecular formula is C14H14ClIN2. The molecule has 0 saturated carbocycles. The maximum Gasteiger partial charge on any atom is 0.0503 e. The Morgan fingerprint density at radius 1 is 1.22 bits per heavy atom. The van der Waals surface area contributed by atoms with Crippen LogP contribution in [0, 0.1) is 3.57 Å². The highest BCUT2D eigenvalue weighted by Gasteiger charge is 2.08. The van der Waals surface area contributed by atoms with E-state index >= 15 is 0 Å². The van der Waals surface area contributed by atoms with E-state index in [-0.39, 0.29) is 0 Å². The molecule has 0 aliphatic rings. The molecule has 4 heteroatoms. The van der Waals surface area contributed by atoms with Gasteiger partial charge in [0.25, 0.3) is 0 Å². The molecule has 0 aromatic heterocycles. The fourth-order valence-electron chi connectivity index (χ4n) is 1.80. The van der Waals surface area contributed by atoms with Gasteiger partial charge in [0.05, 0.1) is 5.69 Å². The first-order valence-electron chi connectivity index (χ1n) is 5.57. The van der Waals surface area contributed by atoms with E-state index in [1.165, 1.54) is 0 Å². The van der Waals surface area contributed by atoms with Crippen molar-refractivity contribution >= 4 is 45.6 Å². The number of hydrogen-bond acceptors (Lipinski definition) is 2. The van der Waals surface area contributed by atoms with Crippen molar-refractivity contribution in [3.05, 3.63) is 56.6 Å². The Morgan fingerprint density at radius 3 is 2.61 bits per heavy atom. The lowest BCUT2D eigenvalue weighted by molar-refractivity contribution is 0.920. The molecule has 2 aromatic carbocycles. The lowest BCUT2D eigenvalue weighted by atomic mass is 10.2. The van der Waals surface area contributed by atoms with E-state index in [1.807, 2.05) is 42.5 Å². The topological polar surface area (TPSA) is 29.3 Å². The van der Waals surface area contributed by atoms with E-state index in [0.717, 1.165) is 32.1 Å². The van der Waals surface area contributed by atoms with E-state index in [2.05, 4.69) is 34.5 Å². The normalized spacial score (nSPS) is 10.4. The quantitative estimate of drug-likeness (QED) is 0.647. The summed E-state index contributed by atoms with van der Waals surface area (Å²) in [6.07, 6.45) is 0. The van der Waals surface area contributed by atoms with Gasteiger partial charge >= 0.3 is 0 Å². The fourth-order valence-corrected chi connectivity index (χ4v) is 2.95. The van der Waals surface area contributed by atoms with E-state index in [9.17, 15) is 0 Å². The van der Waals surface area contributed by atoms with E-state index < -0.39 is 0 Å². The van der Waals surface area contributed by atoms with Gasteiger partial charge in [-0.1, -0.05) is 29.8 Å². The van der Waals surface area contributed by atoms with Gasteiger partial charge in [-0.3, -0.25) is 0 Å². The van der Waals surface area contributed by atoms with Crippen LogP contribution in [-0.4, -0.2) is 7.05 Å². The van der Waals surface area contributed by atoms with Crippen molar-refractivity contribution < 1.29 is 0 Å². The number of hydrogen-bond donors (Lipinski definition) is 1. The van der Waals surface area contributed by atoms with Crippen LogP contribution >= 0.6 is 34.2 Å². The predicted molar refractivity (Wildman–Crippen MR) is 87.1 cm³/mol. The molecule has 2 rings (SSSR count). The van der Waals surface area contributed by atoms with Crippen LogP contribution in [-0.2, 0) is 6.54 Å². The van der Waals surface area contributed by atoms with Gasteiger partial charge in [-0.05, 0) is 52.4 Å². The van der Waals surface area contributed by atoms with Crippen LogP contribution < -0.4 is 10.6 Å². The smallest absolute Gasteiger partial charge is 0.0503 e.